The maximum Gasteiger partial charge on any atom is 0.318 e. The van der Waals surface area contributed by atoms with Crippen molar-refractivity contribution in [3.63, 3.8) is 0 Å². The minimum Gasteiger partial charge on any atom is -0.468 e. The summed E-state index contributed by atoms with van der Waals surface area (Å²) in [6.45, 7) is 3.84. The van der Waals surface area contributed by atoms with Crippen molar-refractivity contribution in [2.45, 2.75) is 40.8 Å². The number of benzene rings is 1. The number of methoxy groups -OCH3 is 1. The average Bonchev–Trinajstić information content (AvgIpc) is 2.95. The van der Waals surface area contributed by atoms with E-state index < -0.39 is 5.25 Å². The average molecular weight is 362 g/mol. The number of hydrogen-bond donors (Lipinski definition) is 0. The Morgan fingerprint density at radius 2 is 2.12 bits per heavy atom. The summed E-state index contributed by atoms with van der Waals surface area (Å²) < 4.78 is 6.38. The Bertz CT molecular complexity index is 821. The maximum atomic E-state index is 13.0. The molecule has 0 radical (unpaired) electrons. The van der Waals surface area contributed by atoms with E-state index in [1.807, 2.05) is 30.3 Å². The summed E-state index contributed by atoms with van der Waals surface area (Å²) >= 11 is 2.82. The third kappa shape index (κ3) is 3.23. The number of nitrogens with zero attached hydrogens (tertiary/aromatic N) is 2. The van der Waals surface area contributed by atoms with E-state index in [1.165, 1.54) is 18.9 Å². The minimum absolute atomic E-state index is 0.0693. The molecule has 0 bridgehead atoms. The molecule has 0 saturated heterocycles. The third-order valence-electron chi connectivity index (χ3n) is 3.71. The van der Waals surface area contributed by atoms with Gasteiger partial charge in [0.05, 0.1) is 23.4 Å². The Labute approximate surface area is 148 Å². The molecule has 2 heterocycles. The van der Waals surface area contributed by atoms with Crippen molar-refractivity contribution in [1.82, 2.24) is 9.55 Å². The number of esters is 1. The van der Waals surface area contributed by atoms with Crippen molar-refractivity contribution in [1.29, 1.82) is 0 Å². The van der Waals surface area contributed by atoms with E-state index in [2.05, 4.69) is 6.92 Å². The zero-order chi connectivity index (χ0) is 17.3. The van der Waals surface area contributed by atoms with Gasteiger partial charge in [-0.15, -0.1) is 11.8 Å². The summed E-state index contributed by atoms with van der Waals surface area (Å²) in [6.07, 6.45) is 0.769. The summed E-state index contributed by atoms with van der Waals surface area (Å²) in [5, 5.41) is 0.418. The highest BCUT2D eigenvalue weighted by atomic mass is 32.2. The van der Waals surface area contributed by atoms with Gasteiger partial charge in [-0.2, -0.15) is 0 Å². The molecule has 0 spiro atoms. The number of carbonyl (C=O) groups is 1. The first-order chi connectivity index (χ1) is 11.5. The summed E-state index contributed by atoms with van der Waals surface area (Å²) in [6, 6.07) is 9.39. The van der Waals surface area contributed by atoms with Gasteiger partial charge in [0.25, 0.3) is 5.56 Å². The van der Waals surface area contributed by atoms with Crippen LogP contribution in [0.3, 0.4) is 0 Å². The van der Waals surface area contributed by atoms with Gasteiger partial charge in [-0.3, -0.25) is 14.2 Å². The lowest BCUT2D eigenvalue weighted by atomic mass is 10.2. The summed E-state index contributed by atoms with van der Waals surface area (Å²) in [7, 11) is 1.36. The number of fused-ring (bicyclic) bond motifs is 1. The van der Waals surface area contributed by atoms with Crippen LogP contribution >= 0.6 is 23.5 Å². The molecule has 0 unspecified atom stereocenters. The third-order valence-corrected chi connectivity index (χ3v) is 5.96. The molecule has 0 amide bonds. The highest BCUT2D eigenvalue weighted by Gasteiger charge is 2.28. The van der Waals surface area contributed by atoms with Gasteiger partial charge >= 0.3 is 5.97 Å². The summed E-state index contributed by atoms with van der Waals surface area (Å²) in [4.78, 5) is 30.2. The number of carbonyl (C=O) groups excluding carboxylic acids is 1. The summed E-state index contributed by atoms with van der Waals surface area (Å²) in [5.41, 5.74) is 1.50. The molecular formula is C17H18N2O3S2. The van der Waals surface area contributed by atoms with E-state index in [1.54, 1.807) is 23.3 Å². The van der Waals surface area contributed by atoms with Crippen molar-refractivity contribution >= 4 is 29.5 Å². The Morgan fingerprint density at radius 3 is 2.79 bits per heavy atom. The zero-order valence-corrected chi connectivity index (χ0v) is 15.3. The normalized spacial score (nSPS) is 17.4. The molecule has 0 aliphatic carbocycles. The molecule has 126 valence electrons. The van der Waals surface area contributed by atoms with Crippen LogP contribution in [0.2, 0.25) is 0 Å². The lowest BCUT2D eigenvalue weighted by molar-refractivity contribution is -0.139. The largest absolute Gasteiger partial charge is 0.468 e. The van der Waals surface area contributed by atoms with Gasteiger partial charge in [0, 0.05) is 11.7 Å². The molecule has 2 atom stereocenters. The quantitative estimate of drug-likeness (QED) is 0.473. The SMILES string of the molecule is COC(=O)[C@H](C)Sc1nc2c(c(=O)n1-c1ccccc1)S[C@@H](C)C2. The molecule has 1 aliphatic heterocycles. The smallest absolute Gasteiger partial charge is 0.318 e. The van der Waals surface area contributed by atoms with E-state index in [-0.39, 0.29) is 11.5 Å². The second-order valence-corrected chi connectivity index (χ2v) is 8.32. The van der Waals surface area contributed by atoms with Crippen LogP contribution in [0, 0.1) is 0 Å². The van der Waals surface area contributed by atoms with Gasteiger partial charge in [0.15, 0.2) is 5.16 Å². The van der Waals surface area contributed by atoms with Gasteiger partial charge in [-0.05, 0) is 19.1 Å². The Balaban J connectivity index is 2.13. The second kappa shape index (κ2) is 7.03. The van der Waals surface area contributed by atoms with Crippen molar-refractivity contribution in [2.75, 3.05) is 7.11 Å². The first kappa shape index (κ1) is 17.1. The predicted molar refractivity (Wildman–Crippen MR) is 96.2 cm³/mol. The van der Waals surface area contributed by atoms with E-state index in [4.69, 9.17) is 9.72 Å². The molecule has 3 rings (SSSR count). The molecule has 7 heteroatoms. The van der Waals surface area contributed by atoms with Crippen molar-refractivity contribution < 1.29 is 9.53 Å². The predicted octanol–water partition coefficient (Wildman–Crippen LogP) is 2.92. The molecular weight excluding hydrogens is 344 g/mol. The molecule has 24 heavy (non-hydrogen) atoms. The molecule has 0 N–H and O–H groups in total. The van der Waals surface area contributed by atoms with E-state index in [0.29, 0.717) is 15.3 Å². The topological polar surface area (TPSA) is 61.2 Å². The van der Waals surface area contributed by atoms with Crippen molar-refractivity contribution in [2.24, 2.45) is 0 Å². The Hall–Kier alpha value is -1.73. The van der Waals surface area contributed by atoms with Crippen LogP contribution in [0.25, 0.3) is 5.69 Å². The number of ether oxygens (including phenoxy) is 1. The Kier molecular flexibility index (Phi) is 5.01. The van der Waals surface area contributed by atoms with Gasteiger partial charge in [-0.1, -0.05) is 36.9 Å². The molecule has 1 aromatic carbocycles. The highest BCUT2D eigenvalue weighted by molar-refractivity contribution is 8.00. The maximum absolute atomic E-state index is 13.0. The highest BCUT2D eigenvalue weighted by Crippen LogP contribution is 2.35. The van der Waals surface area contributed by atoms with Crippen LogP contribution < -0.4 is 5.56 Å². The zero-order valence-electron chi connectivity index (χ0n) is 13.7. The lowest BCUT2D eigenvalue weighted by Gasteiger charge is -2.15. The van der Waals surface area contributed by atoms with Crippen LogP contribution in [0.1, 0.15) is 19.5 Å². The standard InChI is InChI=1S/C17H18N2O3S2/c1-10-9-13-14(23-10)15(20)19(12-7-5-4-6-8-12)17(18-13)24-11(2)16(21)22-3/h4-8,10-11H,9H2,1-3H3/t10-,11-/m0/s1. The molecule has 0 saturated carbocycles. The fourth-order valence-corrected chi connectivity index (χ4v) is 4.62. The first-order valence-electron chi connectivity index (χ1n) is 7.63. The number of hydrogen-bond acceptors (Lipinski definition) is 6. The minimum atomic E-state index is -0.443. The lowest BCUT2D eigenvalue weighted by Crippen LogP contribution is -2.25. The van der Waals surface area contributed by atoms with Crippen LogP contribution in [0.15, 0.2) is 45.2 Å². The summed E-state index contributed by atoms with van der Waals surface area (Å²) in [5.74, 6) is -0.336. The molecule has 5 nitrogen and oxygen atoms in total. The van der Waals surface area contributed by atoms with Gasteiger partial charge in [0.1, 0.15) is 5.25 Å². The van der Waals surface area contributed by atoms with Crippen LogP contribution in [0.5, 0.6) is 0 Å². The van der Waals surface area contributed by atoms with Crippen molar-refractivity contribution in [3.05, 3.63) is 46.4 Å². The Morgan fingerprint density at radius 1 is 1.42 bits per heavy atom. The fourth-order valence-electron chi connectivity index (χ4n) is 2.56. The number of aromatic nitrogens is 2. The molecule has 2 aromatic rings. The number of para-hydroxylation sites is 1. The van der Waals surface area contributed by atoms with Gasteiger partial charge < -0.3 is 4.74 Å². The molecule has 0 fully saturated rings. The fraction of sp³-hybridized carbons (Fsp3) is 0.353. The van der Waals surface area contributed by atoms with Crippen LogP contribution in [-0.2, 0) is 16.0 Å². The van der Waals surface area contributed by atoms with E-state index >= 15 is 0 Å². The first-order valence-corrected chi connectivity index (χ1v) is 9.39. The van der Waals surface area contributed by atoms with Crippen LogP contribution in [-0.4, -0.2) is 33.1 Å². The second-order valence-electron chi connectivity index (χ2n) is 5.56. The number of rotatable bonds is 4. The van der Waals surface area contributed by atoms with Crippen molar-refractivity contribution in [3.8, 4) is 5.69 Å². The van der Waals surface area contributed by atoms with Gasteiger partial charge in [-0.25, -0.2) is 4.98 Å². The van der Waals surface area contributed by atoms with E-state index in [0.717, 1.165) is 17.8 Å². The number of thioether (sulfide) groups is 2. The molecule has 1 aromatic heterocycles. The van der Waals surface area contributed by atoms with Crippen LogP contribution in [0.4, 0.5) is 0 Å². The van der Waals surface area contributed by atoms with E-state index in [9.17, 15) is 9.59 Å². The monoisotopic (exact) mass is 362 g/mol. The molecule has 1 aliphatic rings. The van der Waals surface area contributed by atoms with Gasteiger partial charge in [0.2, 0.25) is 0 Å².